The van der Waals surface area contributed by atoms with Crippen LogP contribution in [-0.4, -0.2) is 55.3 Å². The Morgan fingerprint density at radius 3 is 2.41 bits per heavy atom. The molecule has 0 bridgehead atoms. The van der Waals surface area contributed by atoms with E-state index in [-0.39, 0.29) is 30.5 Å². The number of halogens is 1. The molecule has 1 aromatic heterocycles. The Kier molecular flexibility index (Phi) is 10.7. The lowest BCUT2D eigenvalue weighted by molar-refractivity contribution is 0.186. The molecule has 1 aromatic carbocycles. The van der Waals surface area contributed by atoms with Crippen molar-refractivity contribution >= 4 is 29.9 Å². The Bertz CT molecular complexity index is 787. The number of aliphatic hydroxyl groups is 1. The lowest BCUT2D eigenvalue weighted by Gasteiger charge is -2.24. The van der Waals surface area contributed by atoms with Gasteiger partial charge in [-0.05, 0) is 54.8 Å². The average molecular weight is 514 g/mol. The lowest BCUT2D eigenvalue weighted by Crippen LogP contribution is -2.39. The van der Waals surface area contributed by atoms with Crippen molar-refractivity contribution in [2.24, 2.45) is 4.99 Å². The van der Waals surface area contributed by atoms with Crippen LogP contribution in [0.15, 0.2) is 41.7 Å². The number of nitrogens with zero attached hydrogens (tertiary/aromatic N) is 3. The van der Waals surface area contributed by atoms with Crippen LogP contribution in [0.2, 0.25) is 0 Å². The predicted molar refractivity (Wildman–Crippen MR) is 126 cm³/mol. The fourth-order valence-corrected chi connectivity index (χ4v) is 2.86. The largest absolute Gasteiger partial charge is 0.493 e. The van der Waals surface area contributed by atoms with Gasteiger partial charge in [-0.3, -0.25) is 9.98 Å². The number of rotatable bonds is 8. The summed E-state index contributed by atoms with van der Waals surface area (Å²) in [5.74, 6) is 2.14. The van der Waals surface area contributed by atoms with E-state index >= 15 is 0 Å². The van der Waals surface area contributed by atoms with E-state index in [9.17, 15) is 5.11 Å². The first-order valence-corrected chi connectivity index (χ1v) is 9.29. The van der Waals surface area contributed by atoms with E-state index in [1.54, 1.807) is 38.7 Å². The van der Waals surface area contributed by atoms with Crippen molar-refractivity contribution in [1.82, 2.24) is 15.2 Å². The van der Waals surface area contributed by atoms with Crippen molar-refractivity contribution in [3.05, 3.63) is 53.3 Å². The van der Waals surface area contributed by atoms with Gasteiger partial charge in [-0.25, -0.2) is 0 Å². The maximum atomic E-state index is 10.4. The molecule has 0 amide bonds. The standard InChI is InChI=1S/C21H30N4O3.HI/c1-6-23-21(24-13-18(26)16-7-9-22-10-8-16)25(3)14-17-12-20(28-5)19(27-4)11-15(17)2;/h7-12,18,26H,6,13-14H2,1-5H3,(H,23,24);1H. The van der Waals surface area contributed by atoms with E-state index in [2.05, 4.69) is 15.3 Å². The van der Waals surface area contributed by atoms with E-state index in [0.29, 0.717) is 18.0 Å². The minimum Gasteiger partial charge on any atom is -0.493 e. The van der Waals surface area contributed by atoms with Crippen LogP contribution < -0.4 is 14.8 Å². The third kappa shape index (κ3) is 7.04. The first kappa shape index (κ1) is 25.0. The highest BCUT2D eigenvalue weighted by Crippen LogP contribution is 2.30. The number of aromatic nitrogens is 1. The van der Waals surface area contributed by atoms with Gasteiger partial charge in [-0.2, -0.15) is 0 Å². The Labute approximate surface area is 190 Å². The third-order valence-corrected chi connectivity index (χ3v) is 4.45. The Morgan fingerprint density at radius 1 is 1.21 bits per heavy atom. The Balaban J connectivity index is 0.00000420. The number of hydrogen-bond donors (Lipinski definition) is 2. The van der Waals surface area contributed by atoms with Crippen LogP contribution >= 0.6 is 24.0 Å². The molecule has 29 heavy (non-hydrogen) atoms. The maximum Gasteiger partial charge on any atom is 0.194 e. The van der Waals surface area contributed by atoms with Gasteiger partial charge in [0.2, 0.25) is 0 Å². The van der Waals surface area contributed by atoms with Crippen molar-refractivity contribution in [3.63, 3.8) is 0 Å². The molecule has 0 saturated heterocycles. The highest BCUT2D eigenvalue weighted by molar-refractivity contribution is 14.0. The summed E-state index contributed by atoms with van der Waals surface area (Å²) in [6.07, 6.45) is 2.66. The monoisotopic (exact) mass is 514 g/mol. The zero-order valence-electron chi connectivity index (χ0n) is 17.7. The van der Waals surface area contributed by atoms with E-state index in [0.717, 1.165) is 29.2 Å². The van der Waals surface area contributed by atoms with E-state index < -0.39 is 6.10 Å². The van der Waals surface area contributed by atoms with E-state index in [1.807, 2.05) is 37.9 Å². The smallest absolute Gasteiger partial charge is 0.194 e. The summed E-state index contributed by atoms with van der Waals surface area (Å²) < 4.78 is 10.8. The predicted octanol–water partition coefficient (Wildman–Crippen LogP) is 3.16. The molecule has 1 heterocycles. The van der Waals surface area contributed by atoms with Gasteiger partial charge in [0.05, 0.1) is 26.9 Å². The number of pyridine rings is 1. The summed E-state index contributed by atoms with van der Waals surface area (Å²) in [5.41, 5.74) is 3.02. The highest BCUT2D eigenvalue weighted by atomic mass is 127. The first-order valence-electron chi connectivity index (χ1n) is 9.29. The second-order valence-electron chi connectivity index (χ2n) is 6.48. The molecule has 2 aromatic rings. The van der Waals surface area contributed by atoms with Gasteiger partial charge in [0.1, 0.15) is 0 Å². The normalized spacial score (nSPS) is 12.0. The van der Waals surface area contributed by atoms with Crippen LogP contribution in [0.3, 0.4) is 0 Å². The molecule has 8 heteroatoms. The summed E-state index contributed by atoms with van der Waals surface area (Å²) >= 11 is 0. The molecule has 0 aliphatic heterocycles. The first-order chi connectivity index (χ1) is 13.5. The zero-order chi connectivity index (χ0) is 20.5. The van der Waals surface area contributed by atoms with Gasteiger partial charge in [-0.1, -0.05) is 0 Å². The number of benzene rings is 1. The van der Waals surface area contributed by atoms with Gasteiger partial charge >= 0.3 is 0 Å². The van der Waals surface area contributed by atoms with Crippen molar-refractivity contribution in [2.45, 2.75) is 26.5 Å². The van der Waals surface area contributed by atoms with Crippen LogP contribution in [0.25, 0.3) is 0 Å². The summed E-state index contributed by atoms with van der Waals surface area (Å²) in [7, 11) is 5.23. The summed E-state index contributed by atoms with van der Waals surface area (Å²) in [6.45, 7) is 5.71. The van der Waals surface area contributed by atoms with Crippen LogP contribution in [0, 0.1) is 6.92 Å². The zero-order valence-corrected chi connectivity index (χ0v) is 20.0. The fraction of sp³-hybridized carbons (Fsp3) is 0.429. The van der Waals surface area contributed by atoms with Crippen molar-refractivity contribution in [1.29, 1.82) is 0 Å². The van der Waals surface area contributed by atoms with Gasteiger partial charge in [0.25, 0.3) is 0 Å². The van der Waals surface area contributed by atoms with E-state index in [4.69, 9.17) is 9.47 Å². The topological polar surface area (TPSA) is 79.2 Å². The lowest BCUT2D eigenvalue weighted by atomic mass is 10.1. The number of methoxy groups -OCH3 is 2. The van der Waals surface area contributed by atoms with Crippen LogP contribution in [0.4, 0.5) is 0 Å². The SMILES string of the molecule is CCNC(=NCC(O)c1ccncc1)N(C)Cc1cc(OC)c(OC)cc1C.I. The molecule has 1 unspecified atom stereocenters. The van der Waals surface area contributed by atoms with Crippen LogP contribution in [0.5, 0.6) is 11.5 Å². The van der Waals surface area contributed by atoms with Crippen molar-refractivity contribution < 1.29 is 14.6 Å². The molecule has 1 atom stereocenters. The molecule has 2 N–H and O–H groups in total. The van der Waals surface area contributed by atoms with Crippen LogP contribution in [0.1, 0.15) is 29.7 Å². The Hall–Kier alpha value is -2.07. The highest BCUT2D eigenvalue weighted by Gasteiger charge is 2.14. The number of guanidine groups is 1. The minimum atomic E-state index is -0.673. The molecule has 160 valence electrons. The molecule has 2 rings (SSSR count). The number of hydrogen-bond acceptors (Lipinski definition) is 5. The number of ether oxygens (including phenoxy) is 2. The summed E-state index contributed by atoms with van der Waals surface area (Å²) in [6, 6.07) is 7.55. The number of aliphatic imine (C=N–C) groups is 1. The number of aryl methyl sites for hydroxylation is 1. The quantitative estimate of drug-likeness (QED) is 0.320. The minimum absolute atomic E-state index is 0. The average Bonchev–Trinajstić information content (AvgIpc) is 2.72. The van der Waals surface area contributed by atoms with Crippen LogP contribution in [-0.2, 0) is 6.54 Å². The van der Waals surface area contributed by atoms with E-state index in [1.165, 1.54) is 0 Å². The molecule has 0 aliphatic rings. The Morgan fingerprint density at radius 2 is 1.83 bits per heavy atom. The molecule has 0 saturated carbocycles. The van der Waals surface area contributed by atoms with Crippen molar-refractivity contribution in [3.8, 4) is 11.5 Å². The van der Waals surface area contributed by atoms with Gasteiger partial charge in [0.15, 0.2) is 17.5 Å². The summed E-state index contributed by atoms with van der Waals surface area (Å²) in [4.78, 5) is 10.6. The van der Waals surface area contributed by atoms with Gasteiger partial charge in [0, 0.05) is 32.5 Å². The second-order valence-corrected chi connectivity index (χ2v) is 6.48. The molecule has 7 nitrogen and oxygen atoms in total. The molecular weight excluding hydrogens is 483 g/mol. The van der Waals surface area contributed by atoms with Crippen molar-refractivity contribution in [2.75, 3.05) is 34.4 Å². The maximum absolute atomic E-state index is 10.4. The van der Waals surface area contributed by atoms with Gasteiger partial charge < -0.3 is 24.8 Å². The molecule has 0 radical (unpaired) electrons. The summed E-state index contributed by atoms with van der Waals surface area (Å²) in [5, 5.41) is 13.6. The second kappa shape index (κ2) is 12.5. The molecule has 0 fully saturated rings. The number of aliphatic hydroxyl groups excluding tert-OH is 1. The third-order valence-electron chi connectivity index (χ3n) is 4.45. The molecule has 0 aliphatic carbocycles. The molecular formula is C21H31IN4O3. The number of nitrogens with one attached hydrogen (secondary N) is 1. The fourth-order valence-electron chi connectivity index (χ4n) is 2.86. The molecule has 0 spiro atoms. The van der Waals surface area contributed by atoms with Gasteiger partial charge in [-0.15, -0.1) is 24.0 Å².